The normalized spacial score (nSPS) is 25.1. The maximum absolute atomic E-state index is 11.6. The van der Waals surface area contributed by atoms with E-state index in [2.05, 4.69) is 10.3 Å². The van der Waals surface area contributed by atoms with E-state index in [0.29, 0.717) is 0 Å². The van der Waals surface area contributed by atoms with Crippen LogP contribution in [0, 0.1) is 17.8 Å². The summed E-state index contributed by atoms with van der Waals surface area (Å²) in [7, 11) is 0. The first kappa shape index (κ1) is 28.8. The largest absolute Gasteiger partial charge is 0.481 e. The van der Waals surface area contributed by atoms with Gasteiger partial charge in [-0.2, -0.15) is 0 Å². The molecule has 0 saturated heterocycles. The van der Waals surface area contributed by atoms with Gasteiger partial charge >= 0.3 is 5.97 Å². The quantitative estimate of drug-likeness (QED) is 0.229. The fourth-order valence-corrected chi connectivity index (χ4v) is 3.64. The lowest BCUT2D eigenvalue weighted by Crippen LogP contribution is -2.51. The number of carbonyl (C=O) groups is 2. The molecule has 0 heterocycles. The molecule has 156 valence electrons. The van der Waals surface area contributed by atoms with Crippen molar-refractivity contribution in [3.63, 3.8) is 0 Å². The van der Waals surface area contributed by atoms with E-state index in [4.69, 9.17) is 11.5 Å². The molecule has 0 aromatic heterocycles. The predicted molar refractivity (Wildman–Crippen MR) is 97.4 cm³/mol. The molecule has 0 spiro atoms. The van der Waals surface area contributed by atoms with Gasteiger partial charge < -0.3 is 43.4 Å². The van der Waals surface area contributed by atoms with Gasteiger partial charge in [0.1, 0.15) is 0 Å². The van der Waals surface area contributed by atoms with Gasteiger partial charge in [0.25, 0.3) is 0 Å². The van der Waals surface area contributed by atoms with Crippen LogP contribution < -0.4 is 16.8 Å². The van der Waals surface area contributed by atoms with Crippen molar-refractivity contribution in [2.45, 2.75) is 58.2 Å². The molecule has 1 fully saturated rings. The van der Waals surface area contributed by atoms with Crippen molar-refractivity contribution in [2.24, 2.45) is 34.2 Å². The number of aliphatic hydroxyl groups is 1. The van der Waals surface area contributed by atoms with E-state index in [0.717, 1.165) is 12.8 Å². The Bertz CT molecular complexity index is 467. The van der Waals surface area contributed by atoms with Crippen LogP contribution in [0.25, 0.3) is 0 Å². The van der Waals surface area contributed by atoms with Crippen molar-refractivity contribution in [3.8, 4) is 0 Å². The minimum atomic E-state index is -1.11. The highest BCUT2D eigenvalue weighted by Gasteiger charge is 2.50. The summed E-state index contributed by atoms with van der Waals surface area (Å²) in [4.78, 5) is 27.1. The zero-order valence-corrected chi connectivity index (χ0v) is 15.4. The molecule has 1 aliphatic carbocycles. The number of nitrogens with two attached hydrogens (primary N) is 2. The van der Waals surface area contributed by atoms with E-state index in [1.807, 2.05) is 13.8 Å². The number of carboxylic acids is 1. The number of carbonyl (C=O) groups excluding carboxylic acids is 1. The van der Waals surface area contributed by atoms with Crippen molar-refractivity contribution in [1.29, 1.82) is 0 Å². The highest BCUT2D eigenvalue weighted by atomic mass is 16.4. The molecule has 5 atom stereocenters. The lowest BCUT2D eigenvalue weighted by Gasteiger charge is -2.35. The van der Waals surface area contributed by atoms with Crippen LogP contribution in [0.2, 0.25) is 0 Å². The molecule has 1 rings (SSSR count). The van der Waals surface area contributed by atoms with Crippen molar-refractivity contribution in [3.05, 3.63) is 0 Å². The summed E-state index contributed by atoms with van der Waals surface area (Å²) in [6.07, 6.45) is 0.612. The molecule has 3 unspecified atom stereocenters. The summed E-state index contributed by atoms with van der Waals surface area (Å²) < 4.78 is 0. The second-order valence-electron chi connectivity index (χ2n) is 6.17. The lowest BCUT2D eigenvalue weighted by atomic mass is 9.80. The van der Waals surface area contributed by atoms with Crippen molar-refractivity contribution >= 4 is 17.8 Å². The number of carboxylic acid groups (broad SMARTS) is 1. The van der Waals surface area contributed by atoms with Gasteiger partial charge in [0.2, 0.25) is 5.91 Å². The van der Waals surface area contributed by atoms with Crippen LogP contribution in [0.3, 0.4) is 0 Å². The first-order valence-electron chi connectivity index (χ1n) is 7.99. The summed E-state index contributed by atoms with van der Waals surface area (Å²) in [5.41, 5.74) is 10.9. The molecular formula is C15H34N4O7. The van der Waals surface area contributed by atoms with E-state index in [1.165, 1.54) is 6.92 Å². The van der Waals surface area contributed by atoms with Gasteiger partial charge in [0.05, 0.1) is 18.1 Å². The zero-order valence-electron chi connectivity index (χ0n) is 15.4. The highest BCUT2D eigenvalue weighted by Crippen LogP contribution is 2.39. The maximum atomic E-state index is 11.6. The number of aliphatic hydroxyl groups excluding tert-OH is 1. The molecule has 26 heavy (non-hydrogen) atoms. The van der Waals surface area contributed by atoms with Crippen LogP contribution in [0.1, 0.15) is 40.0 Å². The Hall–Kier alpha value is -1.95. The van der Waals surface area contributed by atoms with E-state index >= 15 is 0 Å². The molecule has 1 amide bonds. The summed E-state index contributed by atoms with van der Waals surface area (Å²) in [6, 6.07) is -0.913. The highest BCUT2D eigenvalue weighted by molar-refractivity contribution is 5.76. The number of rotatable bonds is 7. The molecule has 0 aromatic rings. The Balaban J connectivity index is -0.00000176. The third kappa shape index (κ3) is 6.75. The zero-order chi connectivity index (χ0) is 17.7. The number of aliphatic carboxylic acids is 1. The molecule has 0 aromatic carbocycles. The van der Waals surface area contributed by atoms with E-state index in [9.17, 15) is 19.8 Å². The van der Waals surface area contributed by atoms with Gasteiger partial charge in [-0.3, -0.25) is 9.59 Å². The third-order valence-corrected chi connectivity index (χ3v) is 4.72. The number of hydrogen-bond acceptors (Lipinski definition) is 4. The Morgan fingerprint density at radius 1 is 1.19 bits per heavy atom. The number of nitrogens with one attached hydrogen (secondary N) is 1. The topological polar surface area (TPSA) is 246 Å². The Labute approximate surface area is 152 Å². The first-order valence-corrected chi connectivity index (χ1v) is 7.99. The maximum Gasteiger partial charge on any atom is 0.309 e. The van der Waals surface area contributed by atoms with Crippen LogP contribution in [-0.2, 0) is 9.59 Å². The smallest absolute Gasteiger partial charge is 0.309 e. The van der Waals surface area contributed by atoms with Gasteiger partial charge in [-0.05, 0) is 12.3 Å². The van der Waals surface area contributed by atoms with Gasteiger partial charge in [-0.25, -0.2) is 4.99 Å². The summed E-state index contributed by atoms with van der Waals surface area (Å²) in [5.74, 6) is -2.84. The summed E-state index contributed by atoms with van der Waals surface area (Å²) in [5, 5.41) is 22.7. The molecule has 0 aliphatic heterocycles. The number of guanidine groups is 1. The molecule has 1 aliphatic rings. The minimum absolute atomic E-state index is 0. The minimum Gasteiger partial charge on any atom is -0.481 e. The Kier molecular flexibility index (Phi) is 13.8. The Morgan fingerprint density at radius 2 is 1.69 bits per heavy atom. The number of aliphatic imine (C=N–C) groups is 1. The van der Waals surface area contributed by atoms with E-state index < -0.39 is 30.0 Å². The molecule has 1 saturated carbocycles. The number of amides is 1. The van der Waals surface area contributed by atoms with Crippen LogP contribution in [0.15, 0.2) is 4.99 Å². The van der Waals surface area contributed by atoms with Gasteiger partial charge in [0.15, 0.2) is 5.96 Å². The van der Waals surface area contributed by atoms with Crippen LogP contribution >= 0.6 is 0 Å². The third-order valence-electron chi connectivity index (χ3n) is 4.72. The molecular weight excluding hydrogens is 348 g/mol. The average Bonchev–Trinajstić information content (AvgIpc) is 2.74. The molecule has 11 heteroatoms. The molecule has 13 N–H and O–H groups in total. The Morgan fingerprint density at radius 3 is 2.04 bits per heavy atom. The second kappa shape index (κ2) is 12.4. The van der Waals surface area contributed by atoms with Crippen molar-refractivity contribution in [2.75, 3.05) is 0 Å². The fourth-order valence-electron chi connectivity index (χ4n) is 3.64. The standard InChI is InChI=1S/C15H28N4O4.3H2O/c1-4-8(5-2)12(18-7(3)20)11-10(19-15(16)17)6-9(13(11)21)14(22)23;;;/h8-13,21H,4-6H2,1-3H3,(H,18,20)(H,22,23)(H4,16,17,19);3*1H2/t9-,10?,11?,12+,13?;;;/m1.../s1. The number of hydrogen-bond donors (Lipinski definition) is 5. The monoisotopic (exact) mass is 382 g/mol. The fraction of sp³-hybridized carbons (Fsp3) is 0.800. The molecule has 0 radical (unpaired) electrons. The average molecular weight is 382 g/mol. The number of nitrogens with zero attached hydrogens (tertiary/aromatic N) is 1. The van der Waals surface area contributed by atoms with Gasteiger partial charge in [-0.15, -0.1) is 0 Å². The van der Waals surface area contributed by atoms with E-state index in [-0.39, 0.29) is 46.7 Å². The predicted octanol–water partition coefficient (Wildman–Crippen LogP) is -2.82. The lowest BCUT2D eigenvalue weighted by molar-refractivity contribution is -0.145. The van der Waals surface area contributed by atoms with Crippen LogP contribution in [0.5, 0.6) is 0 Å². The molecule has 0 bridgehead atoms. The first-order chi connectivity index (χ1) is 10.7. The summed E-state index contributed by atoms with van der Waals surface area (Å²) >= 11 is 0. The summed E-state index contributed by atoms with van der Waals surface area (Å²) in [6.45, 7) is 5.39. The second-order valence-corrected chi connectivity index (χ2v) is 6.17. The van der Waals surface area contributed by atoms with Gasteiger partial charge in [-0.1, -0.05) is 26.7 Å². The van der Waals surface area contributed by atoms with Crippen molar-refractivity contribution in [1.82, 2.24) is 5.32 Å². The van der Waals surface area contributed by atoms with Crippen LogP contribution in [-0.4, -0.2) is 62.7 Å². The SMILES string of the molecule is CCC(CC)[C@H](NC(C)=O)C1C(N=C(N)N)C[C@@H](C(=O)O)C1O.O.O.O. The van der Waals surface area contributed by atoms with Crippen molar-refractivity contribution < 1.29 is 36.2 Å². The molecule has 11 nitrogen and oxygen atoms in total. The van der Waals surface area contributed by atoms with Gasteiger partial charge in [0, 0.05) is 18.9 Å². The van der Waals surface area contributed by atoms with E-state index in [1.54, 1.807) is 0 Å². The van der Waals surface area contributed by atoms with Crippen LogP contribution in [0.4, 0.5) is 0 Å².